The van der Waals surface area contributed by atoms with E-state index in [1.54, 1.807) is 0 Å². The molecule has 0 aliphatic heterocycles. The Hall–Kier alpha value is -0.240. The van der Waals surface area contributed by atoms with Gasteiger partial charge in [-0.2, -0.15) is 0 Å². The van der Waals surface area contributed by atoms with Crippen molar-refractivity contribution in [2.24, 2.45) is 0 Å². The largest absolute Gasteiger partial charge is 0.394 e. The second-order valence-corrected chi connectivity index (χ2v) is 20.5. The van der Waals surface area contributed by atoms with Gasteiger partial charge in [0.1, 0.15) is 0 Å². The number of rotatable bonds is 59. The first-order valence-electron chi connectivity index (χ1n) is 30.7. The zero-order valence-electron chi connectivity index (χ0n) is 46.0. The molecule has 3 N–H and O–H groups in total. The number of hydrogen-bond donors (Lipinski definition) is 3. The Morgan fingerprint density at radius 2 is 0.439 bits per heavy atom. The second-order valence-electron chi connectivity index (χ2n) is 20.5. The minimum absolute atomic E-state index is 0.0307. The average Bonchev–Trinajstić information content (AvgIpc) is 3.33. The molecule has 6 heteroatoms. The lowest BCUT2D eigenvalue weighted by Crippen LogP contribution is -2.28. The molecule has 0 heterocycles. The Morgan fingerprint density at radius 1 is 0.258 bits per heavy atom. The molecule has 0 aliphatic rings. The van der Waals surface area contributed by atoms with Crippen molar-refractivity contribution >= 4 is 0 Å². The molecular weight excluding hydrogens is 813 g/mol. The summed E-state index contributed by atoms with van der Waals surface area (Å²) in [6.45, 7) is 10.4. The van der Waals surface area contributed by atoms with Crippen molar-refractivity contribution in [3.63, 3.8) is 0 Å². The lowest BCUT2D eigenvalue weighted by Gasteiger charge is -2.20. The third-order valence-electron chi connectivity index (χ3n) is 13.8. The lowest BCUT2D eigenvalue weighted by molar-refractivity contribution is -0.371. The van der Waals surface area contributed by atoms with Crippen molar-refractivity contribution < 1.29 is 19.9 Å². The summed E-state index contributed by atoms with van der Waals surface area (Å²) in [7, 11) is 0. The highest BCUT2D eigenvalue weighted by molar-refractivity contribution is 4.55. The van der Waals surface area contributed by atoms with Crippen LogP contribution in [0.4, 0.5) is 0 Å². The molecule has 400 valence electrons. The van der Waals surface area contributed by atoms with Gasteiger partial charge < -0.3 is 15.5 Å². The Morgan fingerprint density at radius 3 is 0.636 bits per heavy atom. The quantitative estimate of drug-likeness (QED) is 0.0417. The van der Waals surface area contributed by atoms with E-state index >= 15 is 0 Å². The molecule has 0 aromatic heterocycles. The van der Waals surface area contributed by atoms with E-state index in [9.17, 15) is 0 Å². The fraction of sp³-hybridized carbons (Fsp3) is 1.00. The van der Waals surface area contributed by atoms with E-state index in [1.807, 2.05) is 0 Å². The maximum Gasteiger partial charge on any atom is 0.0942 e. The molecule has 6 nitrogen and oxygen atoms in total. The van der Waals surface area contributed by atoms with Crippen LogP contribution < -0.4 is 5.32 Å². The molecule has 0 unspecified atom stereocenters. The second kappa shape index (κ2) is 66.8. The predicted molar refractivity (Wildman–Crippen MR) is 294 cm³/mol. The van der Waals surface area contributed by atoms with Crippen molar-refractivity contribution in [3.05, 3.63) is 0 Å². The first kappa shape index (κ1) is 67.8. The summed E-state index contributed by atoms with van der Waals surface area (Å²) in [6.07, 6.45) is 71.6. The monoisotopic (exact) mass is 939 g/mol. The normalized spacial score (nSPS) is 11.5. The zero-order valence-corrected chi connectivity index (χ0v) is 46.0. The van der Waals surface area contributed by atoms with Gasteiger partial charge >= 0.3 is 0 Å². The molecule has 0 aliphatic carbocycles. The van der Waals surface area contributed by atoms with E-state index in [1.165, 1.54) is 327 Å². The summed E-state index contributed by atoms with van der Waals surface area (Å²) in [6, 6.07) is 0. The van der Waals surface area contributed by atoms with Crippen LogP contribution in [0.2, 0.25) is 0 Å². The van der Waals surface area contributed by atoms with Crippen LogP contribution in [0.1, 0.15) is 342 Å². The van der Waals surface area contributed by atoms with Crippen molar-refractivity contribution in [1.82, 2.24) is 10.5 Å². The smallest absolute Gasteiger partial charge is 0.0942 e. The van der Waals surface area contributed by atoms with Crippen LogP contribution >= 0.6 is 0 Å². The number of aliphatic hydroxyl groups is 2. The fourth-order valence-corrected chi connectivity index (χ4v) is 9.32. The zero-order chi connectivity index (χ0) is 48.0. The van der Waals surface area contributed by atoms with Gasteiger partial charge in [0.25, 0.3) is 0 Å². The number of nitrogens with one attached hydrogen (secondary N) is 1. The van der Waals surface area contributed by atoms with E-state index in [-0.39, 0.29) is 26.4 Å². The molecule has 66 heavy (non-hydrogen) atoms. The minimum atomic E-state index is -0.0307. The highest BCUT2D eigenvalue weighted by Gasteiger charge is 2.06. The topological polar surface area (TPSA) is 74.2 Å². The summed E-state index contributed by atoms with van der Waals surface area (Å²) in [5, 5.41) is 22.5. The third-order valence-corrected chi connectivity index (χ3v) is 13.8. The van der Waals surface area contributed by atoms with Crippen LogP contribution in [-0.2, 0) is 9.68 Å². The SMILES string of the molecule is CCCCCCCCCCCCCCCCCCCCCCNCCCCCCCCCCCCCCCCCCCCCC.CCCCCCCCCCCCN(OCCO)OCCO. The molecule has 0 amide bonds. The molecule has 0 radical (unpaired) electrons. The number of hydrogen-bond acceptors (Lipinski definition) is 6. The molecule has 0 aromatic rings. The minimum Gasteiger partial charge on any atom is -0.394 e. The van der Waals surface area contributed by atoms with Crippen molar-refractivity contribution in [2.75, 3.05) is 46.1 Å². The average molecular weight is 940 g/mol. The number of nitrogens with zero attached hydrogens (tertiary/aromatic N) is 1. The molecule has 0 spiro atoms. The van der Waals surface area contributed by atoms with Crippen molar-refractivity contribution in [1.29, 1.82) is 0 Å². The highest BCUT2D eigenvalue weighted by Crippen LogP contribution is 2.17. The van der Waals surface area contributed by atoms with Crippen LogP contribution in [0.15, 0.2) is 0 Å². The van der Waals surface area contributed by atoms with E-state index in [4.69, 9.17) is 19.9 Å². The van der Waals surface area contributed by atoms with E-state index in [0.29, 0.717) is 6.54 Å². The van der Waals surface area contributed by atoms with Gasteiger partial charge in [0.15, 0.2) is 0 Å². The molecule has 0 atom stereocenters. The molecule has 0 rings (SSSR count). The maximum atomic E-state index is 8.73. The summed E-state index contributed by atoms with van der Waals surface area (Å²) in [4.78, 5) is 10.5. The molecule has 0 fully saturated rings. The van der Waals surface area contributed by atoms with Gasteiger partial charge in [0.2, 0.25) is 0 Å². The molecule has 0 saturated carbocycles. The van der Waals surface area contributed by atoms with Crippen molar-refractivity contribution in [3.8, 4) is 0 Å². The molecule has 0 bridgehead atoms. The van der Waals surface area contributed by atoms with Gasteiger partial charge in [-0.3, -0.25) is 9.68 Å². The van der Waals surface area contributed by atoms with Gasteiger partial charge in [0.05, 0.1) is 33.0 Å². The van der Waals surface area contributed by atoms with Crippen LogP contribution in [0.5, 0.6) is 0 Å². The van der Waals surface area contributed by atoms with Gasteiger partial charge in [-0.15, -0.1) is 0 Å². The van der Waals surface area contributed by atoms with Crippen LogP contribution in [-0.4, -0.2) is 61.5 Å². The first-order chi connectivity index (χ1) is 32.8. The molecule has 0 saturated heterocycles. The van der Waals surface area contributed by atoms with E-state index < -0.39 is 0 Å². The Bertz CT molecular complexity index is 738. The predicted octanol–water partition coefficient (Wildman–Crippen LogP) is 19.3. The molecule has 0 aromatic carbocycles. The summed E-state index contributed by atoms with van der Waals surface area (Å²) < 4.78 is 0. The molecular formula is C60H126N2O4. The lowest BCUT2D eigenvalue weighted by atomic mass is 10.0. The van der Waals surface area contributed by atoms with Gasteiger partial charge in [-0.25, -0.2) is 0 Å². The fourth-order valence-electron chi connectivity index (χ4n) is 9.32. The van der Waals surface area contributed by atoms with Crippen LogP contribution in [0.3, 0.4) is 0 Å². The maximum absolute atomic E-state index is 8.73. The van der Waals surface area contributed by atoms with Gasteiger partial charge in [-0.05, 0) is 32.4 Å². The van der Waals surface area contributed by atoms with Gasteiger partial charge in [-0.1, -0.05) is 328 Å². The van der Waals surface area contributed by atoms with Crippen molar-refractivity contribution in [2.45, 2.75) is 342 Å². The third kappa shape index (κ3) is 65.8. The number of unbranched alkanes of at least 4 members (excludes halogenated alkanes) is 47. The van der Waals surface area contributed by atoms with Gasteiger partial charge in [0, 0.05) is 0 Å². The Kier molecular flexibility index (Phi) is 68.7. The Balaban J connectivity index is 0. The van der Waals surface area contributed by atoms with E-state index in [0.717, 1.165) is 12.8 Å². The Labute approximate surface area is 416 Å². The summed E-state index contributed by atoms with van der Waals surface area (Å²) in [5.41, 5.74) is 0. The highest BCUT2D eigenvalue weighted by atomic mass is 16.9. The van der Waals surface area contributed by atoms with E-state index in [2.05, 4.69) is 26.1 Å². The number of hydroxylamine groups is 2. The first-order valence-corrected chi connectivity index (χ1v) is 30.7. The number of aliphatic hydroxyl groups excluding tert-OH is 2. The summed E-state index contributed by atoms with van der Waals surface area (Å²) in [5.74, 6) is 0. The standard InChI is InChI=1S/C44H91N.C16H35NO4/c1-3-5-7-9-11-13-15-17-19-21-23-25-27-29-31-33-35-37-39-41-43-45-44-42-40-38-36-34-32-30-28-26-24-22-20-18-16-14-12-10-8-6-4-2;1-2-3-4-5-6-7-8-9-10-11-12-17(20-15-13-18)21-16-14-19/h45H,3-44H2,1-2H3;18-19H,2-16H2,1H3. The van der Waals surface area contributed by atoms with Crippen LogP contribution in [0.25, 0.3) is 0 Å². The van der Waals surface area contributed by atoms with Crippen LogP contribution in [0, 0.1) is 0 Å². The summed E-state index contributed by atoms with van der Waals surface area (Å²) >= 11 is 0.